The third-order valence-corrected chi connectivity index (χ3v) is 5.54. The molecule has 7 nitrogen and oxygen atoms in total. The molecule has 3 rings (SSSR count). The number of alkyl halides is 3. The third-order valence-electron chi connectivity index (χ3n) is 5.54. The van der Waals surface area contributed by atoms with Crippen LogP contribution in [0.3, 0.4) is 0 Å². The van der Waals surface area contributed by atoms with E-state index < -0.39 is 42.5 Å². The van der Waals surface area contributed by atoms with Gasteiger partial charge in [0.25, 0.3) is 0 Å². The Morgan fingerprint density at radius 1 is 1.03 bits per heavy atom. The summed E-state index contributed by atoms with van der Waals surface area (Å²) in [5.41, 5.74) is 3.87. The van der Waals surface area contributed by atoms with E-state index in [0.29, 0.717) is 0 Å². The summed E-state index contributed by atoms with van der Waals surface area (Å²) in [6, 6.07) is 13.3. The van der Waals surface area contributed by atoms with Crippen molar-refractivity contribution in [1.29, 1.82) is 0 Å². The highest BCUT2D eigenvalue weighted by Gasteiger charge is 2.37. The molecule has 34 heavy (non-hydrogen) atoms. The lowest BCUT2D eigenvalue weighted by Gasteiger charge is -2.21. The molecule has 1 aliphatic rings. The van der Waals surface area contributed by atoms with Crippen LogP contribution in [0.5, 0.6) is 0 Å². The number of carboxylic acids is 1. The monoisotopic (exact) mass is 478 g/mol. The second kappa shape index (κ2) is 10.6. The normalized spacial score (nSPS) is 14.5. The maximum absolute atomic E-state index is 13.0. The molecule has 2 aromatic rings. The molecule has 3 N–H and O–H groups in total. The minimum Gasteiger partial charge on any atom is -0.481 e. The van der Waals surface area contributed by atoms with Crippen LogP contribution in [0.25, 0.3) is 11.1 Å². The average Bonchev–Trinajstić information content (AvgIpc) is 3.08. The van der Waals surface area contributed by atoms with Gasteiger partial charge in [-0.15, -0.1) is 0 Å². The number of fused-ring (bicyclic) bond motifs is 3. The molecule has 0 saturated carbocycles. The van der Waals surface area contributed by atoms with Gasteiger partial charge in [-0.05, 0) is 28.2 Å². The standard InChI is InChI=1S/C24H25F3N2O5/c1-14(10-21(30)31)12-28-22(32)20(11-24(25,26)27)29-23(33)34-13-19-17-8-4-2-6-15(17)16-7-3-5-9-18(16)19/h2-9,14,19-20H,10-13H2,1H3,(H,28,32)(H,29,33)(H,30,31). The number of hydrogen-bond acceptors (Lipinski definition) is 4. The van der Waals surface area contributed by atoms with Crippen LogP contribution >= 0.6 is 0 Å². The number of ether oxygens (including phenoxy) is 1. The number of amides is 2. The number of alkyl carbamates (subject to hydrolysis) is 1. The van der Waals surface area contributed by atoms with E-state index in [1.807, 2.05) is 53.8 Å². The Morgan fingerprint density at radius 3 is 2.12 bits per heavy atom. The van der Waals surface area contributed by atoms with Crippen molar-refractivity contribution in [3.05, 3.63) is 59.7 Å². The second-order valence-electron chi connectivity index (χ2n) is 8.29. The van der Waals surface area contributed by atoms with Crippen molar-refractivity contribution in [3.63, 3.8) is 0 Å². The fraction of sp³-hybridized carbons (Fsp3) is 0.375. The molecule has 0 bridgehead atoms. The van der Waals surface area contributed by atoms with Crippen molar-refractivity contribution in [1.82, 2.24) is 10.6 Å². The van der Waals surface area contributed by atoms with Crippen LogP contribution in [0.4, 0.5) is 18.0 Å². The summed E-state index contributed by atoms with van der Waals surface area (Å²) in [5.74, 6) is -2.94. The molecular weight excluding hydrogens is 453 g/mol. The van der Waals surface area contributed by atoms with Crippen molar-refractivity contribution in [2.75, 3.05) is 13.2 Å². The van der Waals surface area contributed by atoms with Crippen molar-refractivity contribution in [2.45, 2.75) is 37.9 Å². The summed E-state index contributed by atoms with van der Waals surface area (Å²) in [6.45, 7) is 1.27. The van der Waals surface area contributed by atoms with E-state index >= 15 is 0 Å². The summed E-state index contributed by atoms with van der Waals surface area (Å²) in [5, 5.41) is 13.0. The van der Waals surface area contributed by atoms with Crippen molar-refractivity contribution >= 4 is 18.0 Å². The number of benzene rings is 2. The van der Waals surface area contributed by atoms with Gasteiger partial charge in [-0.3, -0.25) is 9.59 Å². The zero-order chi connectivity index (χ0) is 24.9. The molecular formula is C24H25F3N2O5. The summed E-state index contributed by atoms with van der Waals surface area (Å²) in [4.78, 5) is 35.4. The molecule has 2 amide bonds. The first-order valence-corrected chi connectivity index (χ1v) is 10.7. The van der Waals surface area contributed by atoms with Crippen LogP contribution in [-0.4, -0.2) is 48.4 Å². The van der Waals surface area contributed by atoms with Gasteiger partial charge in [-0.2, -0.15) is 13.2 Å². The Bertz CT molecular complexity index is 1010. The number of carboxylic acid groups (broad SMARTS) is 1. The Morgan fingerprint density at radius 2 is 1.59 bits per heavy atom. The van der Waals surface area contributed by atoms with E-state index in [4.69, 9.17) is 9.84 Å². The lowest BCUT2D eigenvalue weighted by Crippen LogP contribution is -2.49. The molecule has 0 spiro atoms. The van der Waals surface area contributed by atoms with Gasteiger partial charge in [0, 0.05) is 18.9 Å². The van der Waals surface area contributed by atoms with E-state index in [9.17, 15) is 27.6 Å². The van der Waals surface area contributed by atoms with Crippen LogP contribution in [-0.2, 0) is 14.3 Å². The zero-order valence-corrected chi connectivity index (χ0v) is 18.4. The van der Waals surface area contributed by atoms with Crippen LogP contribution in [0.15, 0.2) is 48.5 Å². The average molecular weight is 478 g/mol. The number of halogens is 3. The summed E-state index contributed by atoms with van der Waals surface area (Å²) < 4.78 is 44.2. The first-order chi connectivity index (χ1) is 16.0. The first-order valence-electron chi connectivity index (χ1n) is 10.7. The second-order valence-corrected chi connectivity index (χ2v) is 8.29. The highest BCUT2D eigenvalue weighted by molar-refractivity contribution is 5.86. The predicted octanol–water partition coefficient (Wildman–Crippen LogP) is 4.07. The van der Waals surface area contributed by atoms with Crippen molar-refractivity contribution in [2.24, 2.45) is 5.92 Å². The Kier molecular flexibility index (Phi) is 7.80. The van der Waals surface area contributed by atoms with Gasteiger partial charge in [0.15, 0.2) is 0 Å². The lowest BCUT2D eigenvalue weighted by molar-refractivity contribution is -0.149. The summed E-state index contributed by atoms with van der Waals surface area (Å²) in [6.07, 6.45) is -7.71. The fourth-order valence-electron chi connectivity index (χ4n) is 3.99. The Balaban J connectivity index is 1.63. The van der Waals surface area contributed by atoms with Gasteiger partial charge < -0.3 is 20.5 Å². The SMILES string of the molecule is CC(CNC(=O)C(CC(F)(F)F)NC(=O)OCC1c2ccccc2-c2ccccc21)CC(=O)O. The van der Waals surface area contributed by atoms with E-state index in [2.05, 4.69) is 5.32 Å². The highest BCUT2D eigenvalue weighted by Crippen LogP contribution is 2.44. The van der Waals surface area contributed by atoms with Gasteiger partial charge >= 0.3 is 18.2 Å². The van der Waals surface area contributed by atoms with Gasteiger partial charge in [0.1, 0.15) is 12.6 Å². The minimum atomic E-state index is -4.72. The molecule has 10 heteroatoms. The number of aliphatic carboxylic acids is 1. The van der Waals surface area contributed by atoms with E-state index in [1.165, 1.54) is 6.92 Å². The minimum absolute atomic E-state index is 0.115. The molecule has 0 aromatic heterocycles. The largest absolute Gasteiger partial charge is 0.481 e. The van der Waals surface area contributed by atoms with Crippen molar-refractivity contribution in [3.8, 4) is 11.1 Å². The van der Waals surface area contributed by atoms with E-state index in [-0.39, 0.29) is 25.5 Å². The Hall–Kier alpha value is -3.56. The van der Waals surface area contributed by atoms with E-state index in [1.54, 1.807) is 0 Å². The maximum Gasteiger partial charge on any atom is 0.407 e. The highest BCUT2D eigenvalue weighted by atomic mass is 19.4. The van der Waals surface area contributed by atoms with Gasteiger partial charge in [-0.25, -0.2) is 4.79 Å². The number of carbonyl (C=O) groups is 3. The zero-order valence-electron chi connectivity index (χ0n) is 18.4. The molecule has 0 radical (unpaired) electrons. The summed E-state index contributed by atoms with van der Waals surface area (Å²) in [7, 11) is 0. The number of carbonyl (C=O) groups excluding carboxylic acids is 2. The molecule has 1 aliphatic carbocycles. The Labute approximate surface area is 194 Å². The molecule has 0 saturated heterocycles. The van der Waals surface area contributed by atoms with Gasteiger partial charge in [0.05, 0.1) is 6.42 Å². The number of nitrogens with one attached hydrogen (secondary N) is 2. The molecule has 2 unspecified atom stereocenters. The predicted molar refractivity (Wildman–Crippen MR) is 117 cm³/mol. The summed E-state index contributed by atoms with van der Waals surface area (Å²) >= 11 is 0. The number of rotatable bonds is 9. The maximum atomic E-state index is 13.0. The van der Waals surface area contributed by atoms with Gasteiger partial charge in [0.2, 0.25) is 5.91 Å². The third kappa shape index (κ3) is 6.49. The van der Waals surface area contributed by atoms with Gasteiger partial charge in [-0.1, -0.05) is 55.5 Å². The van der Waals surface area contributed by atoms with Crippen LogP contribution in [0, 0.1) is 5.92 Å². The molecule has 2 aromatic carbocycles. The topological polar surface area (TPSA) is 105 Å². The quantitative estimate of drug-likeness (QED) is 0.504. The van der Waals surface area contributed by atoms with Crippen LogP contribution in [0.2, 0.25) is 0 Å². The fourth-order valence-corrected chi connectivity index (χ4v) is 3.99. The molecule has 0 heterocycles. The lowest BCUT2D eigenvalue weighted by atomic mass is 9.98. The molecule has 182 valence electrons. The first kappa shape index (κ1) is 25.1. The van der Waals surface area contributed by atoms with Crippen LogP contribution < -0.4 is 10.6 Å². The van der Waals surface area contributed by atoms with Crippen molar-refractivity contribution < 1.29 is 37.4 Å². The number of hydrogen-bond donors (Lipinski definition) is 3. The molecule has 0 fully saturated rings. The molecule has 2 atom stereocenters. The van der Waals surface area contributed by atoms with E-state index in [0.717, 1.165) is 22.3 Å². The van der Waals surface area contributed by atoms with Crippen LogP contribution in [0.1, 0.15) is 36.8 Å². The molecule has 0 aliphatic heterocycles. The smallest absolute Gasteiger partial charge is 0.407 e.